The van der Waals surface area contributed by atoms with Crippen LogP contribution in [0.15, 0.2) is 40.7 Å². The summed E-state index contributed by atoms with van der Waals surface area (Å²) in [6.45, 7) is 4.06. The van der Waals surface area contributed by atoms with E-state index in [9.17, 15) is 0 Å². The fraction of sp³-hybridized carbons (Fsp3) is 0.455. The minimum Gasteiger partial charge on any atom is -0.303 e. The molecule has 4 nitrogen and oxygen atoms in total. The molecule has 1 heterocycles. The van der Waals surface area contributed by atoms with Crippen molar-refractivity contribution in [3.8, 4) is 0 Å². The average Bonchev–Trinajstić information content (AvgIpc) is 2.30. The molecule has 0 amide bonds. The minimum absolute atomic E-state index is 0.913. The highest BCUT2D eigenvalue weighted by atomic mass is 15.6. The molecule has 0 N–H and O–H groups in total. The molecule has 1 fully saturated rings. The van der Waals surface area contributed by atoms with Crippen LogP contribution in [-0.2, 0) is 0 Å². The summed E-state index contributed by atoms with van der Waals surface area (Å²) in [4.78, 5) is 2.30. The van der Waals surface area contributed by atoms with E-state index in [1.165, 1.54) is 0 Å². The van der Waals surface area contributed by atoms with Crippen LogP contribution in [0.2, 0.25) is 0 Å². The lowest BCUT2D eigenvalue weighted by Gasteiger charge is -2.29. The lowest BCUT2D eigenvalue weighted by molar-refractivity contribution is 0.150. The predicted molar refractivity (Wildman–Crippen MR) is 60.0 cm³/mol. The first kappa shape index (κ1) is 10.1. The van der Waals surface area contributed by atoms with E-state index < -0.39 is 0 Å². The first-order valence-corrected chi connectivity index (χ1v) is 5.25. The molecular formula is C11H16N4. The van der Waals surface area contributed by atoms with Crippen LogP contribution in [0.4, 0.5) is 5.69 Å². The molecule has 0 radical (unpaired) electrons. The number of nitrogens with zero attached hydrogens (tertiary/aromatic N) is 4. The van der Waals surface area contributed by atoms with Crippen LogP contribution in [0.1, 0.15) is 0 Å². The largest absolute Gasteiger partial charge is 0.303 e. The van der Waals surface area contributed by atoms with Gasteiger partial charge in [-0.1, -0.05) is 23.4 Å². The molecule has 1 saturated heterocycles. The average molecular weight is 204 g/mol. The highest BCUT2D eigenvalue weighted by molar-refractivity contribution is 5.34. The molecule has 0 atom stereocenters. The lowest BCUT2D eigenvalue weighted by Crippen LogP contribution is -2.41. The fourth-order valence-corrected chi connectivity index (χ4v) is 1.49. The fourth-order valence-electron chi connectivity index (χ4n) is 1.49. The zero-order chi connectivity index (χ0) is 10.5. The molecule has 80 valence electrons. The number of hydrogen-bond acceptors (Lipinski definition) is 3. The van der Waals surface area contributed by atoms with Crippen LogP contribution < -0.4 is 0 Å². The molecule has 1 aliphatic rings. The number of likely N-dealkylation sites (N-methyl/N-ethyl adjacent to an activating group) is 1. The van der Waals surface area contributed by atoms with Gasteiger partial charge in [0.1, 0.15) is 0 Å². The summed E-state index contributed by atoms with van der Waals surface area (Å²) in [5.41, 5.74) is 0.913. The molecule has 4 heteroatoms. The van der Waals surface area contributed by atoms with Crippen molar-refractivity contribution in [3.05, 3.63) is 30.3 Å². The number of benzene rings is 1. The molecule has 0 spiro atoms. The standard InChI is InChI=1S/C11H16N4/c1-14-7-9-15(10-8-14)13-12-11-5-3-2-4-6-11/h2-6H,7-10H2,1H3. The van der Waals surface area contributed by atoms with Crippen LogP contribution in [0.3, 0.4) is 0 Å². The van der Waals surface area contributed by atoms with E-state index in [4.69, 9.17) is 0 Å². The van der Waals surface area contributed by atoms with E-state index in [-0.39, 0.29) is 0 Å². The van der Waals surface area contributed by atoms with Crippen LogP contribution in [0.25, 0.3) is 0 Å². The molecule has 0 bridgehead atoms. The smallest absolute Gasteiger partial charge is 0.0874 e. The molecule has 1 aliphatic heterocycles. The van der Waals surface area contributed by atoms with Gasteiger partial charge in [-0.3, -0.25) is 5.01 Å². The lowest BCUT2D eigenvalue weighted by atomic mass is 10.3. The van der Waals surface area contributed by atoms with Crippen LogP contribution in [-0.4, -0.2) is 43.1 Å². The Hall–Kier alpha value is -1.42. The Bertz CT molecular complexity index is 315. The van der Waals surface area contributed by atoms with Crippen molar-refractivity contribution in [2.45, 2.75) is 0 Å². The second kappa shape index (κ2) is 4.89. The van der Waals surface area contributed by atoms with E-state index in [2.05, 4.69) is 22.3 Å². The van der Waals surface area contributed by atoms with Gasteiger partial charge in [-0.05, 0) is 19.2 Å². The zero-order valence-electron chi connectivity index (χ0n) is 9.00. The van der Waals surface area contributed by atoms with Gasteiger partial charge in [0.25, 0.3) is 0 Å². The Kier molecular flexibility index (Phi) is 3.29. The second-order valence-electron chi connectivity index (χ2n) is 3.78. The maximum atomic E-state index is 4.22. The van der Waals surface area contributed by atoms with E-state index in [0.29, 0.717) is 0 Å². The van der Waals surface area contributed by atoms with Gasteiger partial charge in [0.2, 0.25) is 0 Å². The Morgan fingerprint density at radius 3 is 2.33 bits per heavy atom. The summed E-state index contributed by atoms with van der Waals surface area (Å²) >= 11 is 0. The third-order valence-electron chi connectivity index (χ3n) is 2.52. The Morgan fingerprint density at radius 2 is 1.67 bits per heavy atom. The Labute approximate surface area is 90.2 Å². The molecule has 2 rings (SSSR count). The zero-order valence-corrected chi connectivity index (χ0v) is 9.00. The first-order valence-electron chi connectivity index (χ1n) is 5.25. The summed E-state index contributed by atoms with van der Waals surface area (Å²) < 4.78 is 0. The van der Waals surface area contributed by atoms with Crippen molar-refractivity contribution >= 4 is 5.69 Å². The molecule has 0 aromatic heterocycles. The normalized spacial score (nSPS) is 18.6. The molecule has 1 aromatic rings. The number of hydrogen-bond donors (Lipinski definition) is 0. The molecule has 0 unspecified atom stereocenters. The first-order chi connectivity index (χ1) is 7.34. The maximum Gasteiger partial charge on any atom is 0.0874 e. The molecule has 0 aliphatic carbocycles. The van der Waals surface area contributed by atoms with Crippen molar-refractivity contribution in [1.82, 2.24) is 9.91 Å². The number of piperazine rings is 1. The SMILES string of the molecule is CN1CCN(N=Nc2ccccc2)CC1. The summed E-state index contributed by atoms with van der Waals surface area (Å²) in [7, 11) is 2.13. The predicted octanol–water partition coefficient (Wildman–Crippen LogP) is 1.93. The Balaban J connectivity index is 1.89. The molecule has 15 heavy (non-hydrogen) atoms. The molecule has 0 saturated carbocycles. The minimum atomic E-state index is 0.913. The van der Waals surface area contributed by atoms with Crippen LogP contribution in [0, 0.1) is 0 Å². The third-order valence-corrected chi connectivity index (χ3v) is 2.52. The summed E-state index contributed by atoms with van der Waals surface area (Å²) in [6, 6.07) is 9.84. The Morgan fingerprint density at radius 1 is 1.00 bits per heavy atom. The van der Waals surface area contributed by atoms with Gasteiger partial charge in [0.15, 0.2) is 0 Å². The van der Waals surface area contributed by atoms with Crippen molar-refractivity contribution in [2.75, 3.05) is 33.2 Å². The van der Waals surface area contributed by atoms with E-state index >= 15 is 0 Å². The maximum absolute atomic E-state index is 4.22. The summed E-state index contributed by atoms with van der Waals surface area (Å²) in [6.07, 6.45) is 0. The highest BCUT2D eigenvalue weighted by Crippen LogP contribution is 2.11. The van der Waals surface area contributed by atoms with Gasteiger partial charge in [-0.2, -0.15) is 0 Å². The van der Waals surface area contributed by atoms with Crippen molar-refractivity contribution in [1.29, 1.82) is 0 Å². The van der Waals surface area contributed by atoms with Crippen molar-refractivity contribution < 1.29 is 0 Å². The van der Waals surface area contributed by atoms with E-state index in [1.807, 2.05) is 35.3 Å². The topological polar surface area (TPSA) is 31.2 Å². The van der Waals surface area contributed by atoms with Gasteiger partial charge in [0.05, 0.1) is 18.8 Å². The van der Waals surface area contributed by atoms with Gasteiger partial charge in [-0.15, -0.1) is 5.11 Å². The van der Waals surface area contributed by atoms with Crippen molar-refractivity contribution in [3.63, 3.8) is 0 Å². The summed E-state index contributed by atoms with van der Waals surface area (Å²) in [5, 5.41) is 10.4. The van der Waals surface area contributed by atoms with Crippen LogP contribution >= 0.6 is 0 Å². The molecular weight excluding hydrogens is 188 g/mol. The van der Waals surface area contributed by atoms with Crippen molar-refractivity contribution in [2.24, 2.45) is 10.3 Å². The van der Waals surface area contributed by atoms with Gasteiger partial charge in [-0.25, -0.2) is 0 Å². The second-order valence-corrected chi connectivity index (χ2v) is 3.78. The van der Waals surface area contributed by atoms with Gasteiger partial charge in [0, 0.05) is 13.1 Å². The van der Waals surface area contributed by atoms with E-state index in [0.717, 1.165) is 31.9 Å². The quantitative estimate of drug-likeness (QED) is 0.689. The van der Waals surface area contributed by atoms with Gasteiger partial charge >= 0.3 is 0 Å². The van der Waals surface area contributed by atoms with E-state index in [1.54, 1.807) is 0 Å². The monoisotopic (exact) mass is 204 g/mol. The number of rotatable bonds is 2. The third kappa shape index (κ3) is 3.02. The van der Waals surface area contributed by atoms with Crippen LogP contribution in [0.5, 0.6) is 0 Å². The molecule has 1 aromatic carbocycles. The van der Waals surface area contributed by atoms with Gasteiger partial charge < -0.3 is 4.90 Å². The summed E-state index contributed by atoms with van der Waals surface area (Å²) in [5.74, 6) is 0. The highest BCUT2D eigenvalue weighted by Gasteiger charge is 2.11.